The number of rotatable bonds is 8. The lowest BCUT2D eigenvalue weighted by molar-refractivity contribution is 0.289. The van der Waals surface area contributed by atoms with Crippen LogP contribution in [0.5, 0.6) is 5.75 Å². The maximum atomic E-state index is 5.89. The maximum Gasteiger partial charge on any atom is 0.191 e. The minimum absolute atomic E-state index is 0.342. The molecule has 2 aromatic carbocycles. The summed E-state index contributed by atoms with van der Waals surface area (Å²) in [5.74, 6) is 2.36. The molecule has 0 fully saturated rings. The smallest absolute Gasteiger partial charge is 0.191 e. The molecule has 3 aromatic rings. The van der Waals surface area contributed by atoms with E-state index < -0.39 is 0 Å². The number of ether oxygens (including phenoxy) is 1. The molecule has 0 aliphatic heterocycles. The van der Waals surface area contributed by atoms with Crippen molar-refractivity contribution >= 4 is 23.4 Å². The van der Waals surface area contributed by atoms with Crippen molar-refractivity contribution < 1.29 is 4.74 Å². The molecule has 0 atom stereocenters. The number of nitrogens with zero attached hydrogens (tertiary/aromatic N) is 3. The summed E-state index contributed by atoms with van der Waals surface area (Å²) in [6, 6.07) is 17.6. The molecular formula is C19H18ClN3OS. The van der Waals surface area contributed by atoms with Crippen molar-refractivity contribution in [2.24, 2.45) is 0 Å². The van der Waals surface area contributed by atoms with E-state index in [1.165, 1.54) is 5.56 Å². The molecule has 0 aliphatic carbocycles. The standard InChI is InChI=1S/C19H18ClN3OS/c1-2-12-23-18(13-24-17-10-8-16(20)9-11-17)21-22-19(23)25-14-15-6-4-3-5-7-15/h2-11H,1,12-14H2. The van der Waals surface area contributed by atoms with Crippen LogP contribution >= 0.6 is 23.4 Å². The fraction of sp³-hybridized carbons (Fsp3) is 0.158. The second-order valence-corrected chi connectivity index (χ2v) is 6.69. The van der Waals surface area contributed by atoms with Crippen LogP contribution in [0.4, 0.5) is 0 Å². The number of thioether (sulfide) groups is 1. The van der Waals surface area contributed by atoms with Crippen LogP contribution in [0.1, 0.15) is 11.4 Å². The van der Waals surface area contributed by atoms with Crippen LogP contribution in [0.3, 0.4) is 0 Å². The molecule has 0 bridgehead atoms. The van der Waals surface area contributed by atoms with E-state index >= 15 is 0 Å². The zero-order chi connectivity index (χ0) is 17.5. The van der Waals surface area contributed by atoms with Crippen molar-refractivity contribution in [3.05, 3.63) is 83.7 Å². The van der Waals surface area contributed by atoms with E-state index in [1.807, 2.05) is 41.0 Å². The van der Waals surface area contributed by atoms with Gasteiger partial charge in [0.2, 0.25) is 0 Å². The summed E-state index contributed by atoms with van der Waals surface area (Å²) in [4.78, 5) is 0. The highest BCUT2D eigenvalue weighted by atomic mass is 35.5. The van der Waals surface area contributed by atoms with Crippen molar-refractivity contribution in [3.63, 3.8) is 0 Å². The minimum Gasteiger partial charge on any atom is -0.486 e. The number of benzene rings is 2. The number of hydrogen-bond donors (Lipinski definition) is 0. The van der Waals surface area contributed by atoms with Gasteiger partial charge in [0.05, 0.1) is 0 Å². The van der Waals surface area contributed by atoms with Gasteiger partial charge in [-0.15, -0.1) is 16.8 Å². The highest BCUT2D eigenvalue weighted by molar-refractivity contribution is 7.98. The average Bonchev–Trinajstić information content (AvgIpc) is 3.03. The maximum absolute atomic E-state index is 5.89. The number of halogens is 1. The van der Waals surface area contributed by atoms with Crippen molar-refractivity contribution in [2.45, 2.75) is 24.1 Å². The van der Waals surface area contributed by atoms with E-state index in [2.05, 4.69) is 28.9 Å². The summed E-state index contributed by atoms with van der Waals surface area (Å²) < 4.78 is 7.81. The second kappa shape index (κ2) is 8.74. The Bertz CT molecular complexity index is 818. The summed E-state index contributed by atoms with van der Waals surface area (Å²) in [7, 11) is 0. The van der Waals surface area contributed by atoms with Crippen molar-refractivity contribution in [1.82, 2.24) is 14.8 Å². The quantitative estimate of drug-likeness (QED) is 0.413. The predicted molar refractivity (Wildman–Crippen MR) is 102 cm³/mol. The molecule has 1 heterocycles. The largest absolute Gasteiger partial charge is 0.486 e. The van der Waals surface area contributed by atoms with Gasteiger partial charge in [-0.25, -0.2) is 0 Å². The van der Waals surface area contributed by atoms with Crippen LogP contribution in [-0.2, 0) is 18.9 Å². The van der Waals surface area contributed by atoms with Gasteiger partial charge < -0.3 is 4.74 Å². The molecule has 0 amide bonds. The van der Waals surface area contributed by atoms with Crippen molar-refractivity contribution in [3.8, 4) is 5.75 Å². The Hall–Kier alpha value is -2.24. The Morgan fingerprint density at radius 2 is 1.84 bits per heavy atom. The van der Waals surface area contributed by atoms with Gasteiger partial charge in [-0.2, -0.15) is 0 Å². The van der Waals surface area contributed by atoms with Gasteiger partial charge >= 0.3 is 0 Å². The first kappa shape index (κ1) is 17.6. The predicted octanol–water partition coefficient (Wildman–Crippen LogP) is 4.99. The molecule has 0 aliphatic rings. The monoisotopic (exact) mass is 371 g/mol. The Balaban J connectivity index is 1.68. The van der Waals surface area contributed by atoms with Gasteiger partial charge in [0.25, 0.3) is 0 Å². The zero-order valence-electron chi connectivity index (χ0n) is 13.6. The molecule has 25 heavy (non-hydrogen) atoms. The van der Waals surface area contributed by atoms with Crippen molar-refractivity contribution in [1.29, 1.82) is 0 Å². The summed E-state index contributed by atoms with van der Waals surface area (Å²) in [5, 5.41) is 10.1. The molecule has 6 heteroatoms. The van der Waals surface area contributed by atoms with Gasteiger partial charge in [-0.3, -0.25) is 4.57 Å². The van der Waals surface area contributed by atoms with E-state index in [0.717, 1.165) is 22.5 Å². The minimum atomic E-state index is 0.342. The first-order chi connectivity index (χ1) is 12.3. The topological polar surface area (TPSA) is 39.9 Å². The lowest BCUT2D eigenvalue weighted by Crippen LogP contribution is -2.07. The third-order valence-electron chi connectivity index (χ3n) is 3.50. The Labute approximate surface area is 156 Å². The lowest BCUT2D eigenvalue weighted by atomic mass is 10.2. The summed E-state index contributed by atoms with van der Waals surface area (Å²) in [6.07, 6.45) is 1.84. The van der Waals surface area contributed by atoms with Crippen LogP contribution < -0.4 is 4.74 Å². The lowest BCUT2D eigenvalue weighted by Gasteiger charge is -2.09. The highest BCUT2D eigenvalue weighted by Crippen LogP contribution is 2.23. The van der Waals surface area contributed by atoms with E-state index in [9.17, 15) is 0 Å². The number of hydrogen-bond acceptors (Lipinski definition) is 4. The molecule has 0 spiro atoms. The van der Waals surface area contributed by atoms with E-state index in [4.69, 9.17) is 16.3 Å². The summed E-state index contributed by atoms with van der Waals surface area (Å²) in [6.45, 7) is 4.81. The van der Waals surface area contributed by atoms with Crippen LogP contribution in [0, 0.1) is 0 Å². The van der Waals surface area contributed by atoms with Gasteiger partial charge in [0, 0.05) is 17.3 Å². The molecule has 128 valence electrons. The first-order valence-corrected chi connectivity index (χ1v) is 9.20. The molecule has 0 saturated heterocycles. The highest BCUT2D eigenvalue weighted by Gasteiger charge is 2.12. The van der Waals surface area contributed by atoms with Crippen LogP contribution in [-0.4, -0.2) is 14.8 Å². The zero-order valence-corrected chi connectivity index (χ0v) is 15.2. The normalized spacial score (nSPS) is 10.6. The fourth-order valence-corrected chi connectivity index (χ4v) is 3.29. The molecule has 3 rings (SSSR count). The molecule has 0 saturated carbocycles. The summed E-state index contributed by atoms with van der Waals surface area (Å²) >= 11 is 7.54. The fourth-order valence-electron chi connectivity index (χ4n) is 2.25. The number of aromatic nitrogens is 3. The Kier molecular flexibility index (Phi) is 6.14. The van der Waals surface area contributed by atoms with E-state index in [-0.39, 0.29) is 0 Å². The molecule has 4 nitrogen and oxygen atoms in total. The number of allylic oxidation sites excluding steroid dienone is 1. The third kappa shape index (κ3) is 4.87. The summed E-state index contributed by atoms with van der Waals surface area (Å²) in [5.41, 5.74) is 1.25. The Morgan fingerprint density at radius 3 is 2.56 bits per heavy atom. The molecule has 0 unspecified atom stereocenters. The average molecular weight is 372 g/mol. The second-order valence-electron chi connectivity index (χ2n) is 5.31. The van der Waals surface area contributed by atoms with Gasteiger partial charge in [-0.1, -0.05) is 59.8 Å². The van der Waals surface area contributed by atoms with E-state index in [0.29, 0.717) is 18.2 Å². The SMILES string of the molecule is C=CCn1c(COc2ccc(Cl)cc2)nnc1SCc1ccccc1. The Morgan fingerprint density at radius 1 is 1.08 bits per heavy atom. The van der Waals surface area contributed by atoms with Gasteiger partial charge in [0.15, 0.2) is 11.0 Å². The van der Waals surface area contributed by atoms with E-state index in [1.54, 1.807) is 23.9 Å². The van der Waals surface area contributed by atoms with Gasteiger partial charge in [-0.05, 0) is 29.8 Å². The third-order valence-corrected chi connectivity index (χ3v) is 4.79. The van der Waals surface area contributed by atoms with Crippen molar-refractivity contribution in [2.75, 3.05) is 0 Å². The first-order valence-electron chi connectivity index (χ1n) is 7.84. The molecule has 0 N–H and O–H groups in total. The van der Waals surface area contributed by atoms with Crippen LogP contribution in [0.25, 0.3) is 0 Å². The van der Waals surface area contributed by atoms with Gasteiger partial charge in [0.1, 0.15) is 12.4 Å². The molecule has 1 aromatic heterocycles. The van der Waals surface area contributed by atoms with Crippen LogP contribution in [0.2, 0.25) is 5.02 Å². The van der Waals surface area contributed by atoms with Crippen LogP contribution in [0.15, 0.2) is 72.4 Å². The molecular weight excluding hydrogens is 354 g/mol. The molecule has 0 radical (unpaired) electrons.